The summed E-state index contributed by atoms with van der Waals surface area (Å²) < 4.78 is 70.6. The summed E-state index contributed by atoms with van der Waals surface area (Å²) >= 11 is 0. The topological polar surface area (TPSA) is 127 Å². The first-order valence-corrected chi connectivity index (χ1v) is 12.9. The number of benzene rings is 2. The van der Waals surface area contributed by atoms with Crippen LogP contribution in [0.2, 0.25) is 0 Å². The summed E-state index contributed by atoms with van der Waals surface area (Å²) in [5, 5.41) is 0. The van der Waals surface area contributed by atoms with Gasteiger partial charge in [0, 0.05) is 6.07 Å². The fourth-order valence-electron chi connectivity index (χ4n) is 4.36. The van der Waals surface area contributed by atoms with Crippen LogP contribution >= 0.6 is 0 Å². The Labute approximate surface area is 183 Å². The number of unbranched alkanes of at least 4 members (excludes halogenated alkanes) is 1. The van der Waals surface area contributed by atoms with Gasteiger partial charge in [0.25, 0.3) is 0 Å². The van der Waals surface area contributed by atoms with Crippen LogP contribution in [-0.4, -0.2) is 25.9 Å². The van der Waals surface area contributed by atoms with Gasteiger partial charge in [-0.25, -0.2) is 0 Å². The second-order valence-corrected chi connectivity index (χ2v) is 9.76. The Balaban J connectivity index is 1.64. The molecule has 0 saturated carbocycles. The molecule has 0 spiro atoms. The van der Waals surface area contributed by atoms with Gasteiger partial charge in [0.15, 0.2) is 0 Å². The van der Waals surface area contributed by atoms with Crippen molar-refractivity contribution in [3.63, 3.8) is 0 Å². The van der Waals surface area contributed by atoms with Crippen molar-refractivity contribution < 1.29 is 34.3 Å². The van der Waals surface area contributed by atoms with Crippen molar-refractivity contribution in [1.29, 1.82) is 0 Å². The minimum atomic E-state index is -4.79. The van der Waals surface area contributed by atoms with Crippen molar-refractivity contribution in [1.82, 2.24) is 0 Å². The second-order valence-electron chi connectivity index (χ2n) is 7.71. The lowest BCUT2D eigenvalue weighted by Gasteiger charge is -2.40. The Morgan fingerprint density at radius 1 is 0.806 bits per heavy atom. The molecule has 0 fully saturated rings. The highest BCUT2D eigenvalue weighted by atomic mass is 32.3. The van der Waals surface area contributed by atoms with Gasteiger partial charge in [-0.3, -0.25) is 9.11 Å². The Kier molecular flexibility index (Phi) is 7.25. The average Bonchev–Trinajstić information content (AvgIpc) is 2.63. The van der Waals surface area contributed by atoms with Gasteiger partial charge in [-0.1, -0.05) is 44.0 Å². The predicted octanol–water partition coefficient (Wildman–Crippen LogP) is 4.44. The molecule has 0 unspecified atom stereocenters. The summed E-state index contributed by atoms with van der Waals surface area (Å²) in [5.74, 6) is 0.496. The quantitative estimate of drug-likeness (QED) is 0.364. The smallest absolute Gasteiger partial charge is 0.362 e. The lowest BCUT2D eigenvalue weighted by atomic mass is 9.64. The third-order valence-corrected chi connectivity index (χ3v) is 6.26. The number of hydrogen-bond donors (Lipinski definition) is 2. The van der Waals surface area contributed by atoms with Gasteiger partial charge in [0.2, 0.25) is 0 Å². The van der Waals surface area contributed by atoms with E-state index in [1.165, 1.54) is 23.3 Å². The zero-order valence-electron chi connectivity index (χ0n) is 17.1. The first-order chi connectivity index (χ1) is 14.6. The summed E-state index contributed by atoms with van der Waals surface area (Å²) in [6, 6.07) is 12.2. The molecule has 10 heteroatoms. The molecule has 0 heterocycles. The molecular weight excluding hydrogens is 444 g/mol. The van der Waals surface area contributed by atoms with Gasteiger partial charge in [-0.15, -0.1) is 0 Å². The van der Waals surface area contributed by atoms with Crippen molar-refractivity contribution >= 4 is 20.8 Å². The van der Waals surface area contributed by atoms with Crippen LogP contribution in [0.5, 0.6) is 11.5 Å². The monoisotopic (exact) mass is 470 g/mol. The number of rotatable bonds is 11. The van der Waals surface area contributed by atoms with E-state index >= 15 is 0 Å². The highest BCUT2D eigenvalue weighted by molar-refractivity contribution is 7.81. The first kappa shape index (κ1) is 23.5. The van der Waals surface area contributed by atoms with Crippen molar-refractivity contribution in [2.75, 3.05) is 0 Å². The van der Waals surface area contributed by atoms with Gasteiger partial charge < -0.3 is 8.37 Å². The molecule has 0 aromatic heterocycles. The molecule has 2 N–H and O–H groups in total. The summed E-state index contributed by atoms with van der Waals surface area (Å²) in [5.41, 5.74) is 3.41. The van der Waals surface area contributed by atoms with E-state index in [2.05, 4.69) is 39.6 Å². The van der Waals surface area contributed by atoms with Crippen LogP contribution in [-0.2, 0) is 27.2 Å². The molecule has 170 valence electrons. The minimum absolute atomic E-state index is 0.311. The minimum Gasteiger partial charge on any atom is -0.362 e. The van der Waals surface area contributed by atoms with E-state index in [1.54, 1.807) is 0 Å². The molecular formula is C21H26O8S2. The fourth-order valence-corrected chi connectivity index (χ4v) is 5.03. The first-order valence-electron chi connectivity index (χ1n) is 10.1. The number of hydrogen-bond acceptors (Lipinski definition) is 6. The standard InChI is InChI=1S/C21H26O8S2/c1-2-7-18-19(21-11-6-5-10-20(18)21)9-4-3-8-15-12-16(28-30(22,23)24)14-17(13-15)29-31(25,26)27/h5-6,10-14,18-19H,2-4,7-9H2,1H3,(H,22,23,24)(H,25,26,27)/t18-,19-/m1/s1. The van der Waals surface area contributed by atoms with Gasteiger partial charge in [-0.2, -0.15) is 16.8 Å². The largest absolute Gasteiger partial charge is 0.446 e. The van der Waals surface area contributed by atoms with Gasteiger partial charge in [0.1, 0.15) is 11.5 Å². The Morgan fingerprint density at radius 2 is 1.32 bits per heavy atom. The van der Waals surface area contributed by atoms with E-state index in [1.807, 2.05) is 0 Å². The van der Waals surface area contributed by atoms with Crippen LogP contribution in [0, 0.1) is 0 Å². The van der Waals surface area contributed by atoms with Crippen LogP contribution < -0.4 is 8.37 Å². The molecule has 2 aromatic rings. The molecule has 2 atom stereocenters. The van der Waals surface area contributed by atoms with Gasteiger partial charge >= 0.3 is 20.8 Å². The highest BCUT2D eigenvalue weighted by Crippen LogP contribution is 2.51. The third kappa shape index (κ3) is 6.67. The SMILES string of the molecule is CCC[C@H]1c2ccccc2[C@@H]1CCCCc1cc(OS(=O)(=O)O)cc(OS(=O)(=O)O)c1. The molecule has 31 heavy (non-hydrogen) atoms. The van der Waals surface area contributed by atoms with Gasteiger partial charge in [-0.05, 0) is 66.3 Å². The number of fused-ring (bicyclic) bond motifs is 1. The predicted molar refractivity (Wildman–Crippen MR) is 115 cm³/mol. The van der Waals surface area contributed by atoms with Crippen LogP contribution in [0.25, 0.3) is 0 Å². The molecule has 0 amide bonds. The molecule has 0 aliphatic heterocycles. The van der Waals surface area contributed by atoms with Crippen molar-refractivity contribution in [2.45, 2.75) is 57.3 Å². The molecule has 0 radical (unpaired) electrons. The molecule has 2 aromatic carbocycles. The van der Waals surface area contributed by atoms with E-state index < -0.39 is 20.8 Å². The van der Waals surface area contributed by atoms with Crippen molar-refractivity contribution in [3.05, 3.63) is 59.2 Å². The molecule has 3 rings (SSSR count). The Morgan fingerprint density at radius 3 is 1.81 bits per heavy atom. The maximum absolute atomic E-state index is 11.0. The van der Waals surface area contributed by atoms with E-state index in [0.717, 1.165) is 38.2 Å². The molecule has 8 nitrogen and oxygen atoms in total. The zero-order valence-corrected chi connectivity index (χ0v) is 18.7. The van der Waals surface area contributed by atoms with Crippen LogP contribution in [0.3, 0.4) is 0 Å². The molecule has 1 aliphatic rings. The zero-order chi connectivity index (χ0) is 22.6. The summed E-state index contributed by atoms with van der Waals surface area (Å²) in [6.45, 7) is 2.19. The van der Waals surface area contributed by atoms with Gasteiger partial charge in [0.05, 0.1) is 0 Å². The Bertz CT molecular complexity index is 1070. The van der Waals surface area contributed by atoms with Crippen molar-refractivity contribution in [2.24, 2.45) is 0 Å². The molecule has 1 aliphatic carbocycles. The normalized spacial score (nSPS) is 18.2. The fraction of sp³-hybridized carbons (Fsp3) is 0.429. The van der Waals surface area contributed by atoms with E-state index in [9.17, 15) is 16.8 Å². The van der Waals surface area contributed by atoms with E-state index in [4.69, 9.17) is 9.11 Å². The molecule has 0 bridgehead atoms. The Hall–Kier alpha value is -2.14. The molecule has 0 saturated heterocycles. The lowest BCUT2D eigenvalue weighted by Crippen LogP contribution is -2.24. The maximum Gasteiger partial charge on any atom is 0.446 e. The second kappa shape index (κ2) is 9.56. The third-order valence-electron chi connectivity index (χ3n) is 5.45. The summed E-state index contributed by atoms with van der Waals surface area (Å²) in [7, 11) is -9.59. The maximum atomic E-state index is 11.0. The number of aryl methyl sites for hydroxylation is 1. The van der Waals surface area contributed by atoms with E-state index in [0.29, 0.717) is 23.8 Å². The van der Waals surface area contributed by atoms with E-state index in [-0.39, 0.29) is 11.5 Å². The average molecular weight is 471 g/mol. The lowest BCUT2D eigenvalue weighted by molar-refractivity contribution is 0.381. The van der Waals surface area contributed by atoms with Crippen LogP contribution in [0.15, 0.2) is 42.5 Å². The summed E-state index contributed by atoms with van der Waals surface area (Å²) in [4.78, 5) is 0. The highest BCUT2D eigenvalue weighted by Gasteiger charge is 2.35. The van der Waals surface area contributed by atoms with Crippen LogP contribution in [0.4, 0.5) is 0 Å². The van der Waals surface area contributed by atoms with Crippen molar-refractivity contribution in [3.8, 4) is 11.5 Å². The van der Waals surface area contributed by atoms with Crippen LogP contribution in [0.1, 0.15) is 67.6 Å². The summed E-state index contributed by atoms with van der Waals surface area (Å²) in [6.07, 6.45) is 5.53.